The van der Waals surface area contributed by atoms with Crippen molar-refractivity contribution in [2.75, 3.05) is 0 Å². The average Bonchev–Trinajstić information content (AvgIpc) is 2.36. The zero-order valence-electron chi connectivity index (χ0n) is 9.03. The summed E-state index contributed by atoms with van der Waals surface area (Å²) in [4.78, 5) is 4.04. The molecule has 0 fully saturated rings. The van der Waals surface area contributed by atoms with Gasteiger partial charge in [0.2, 0.25) is 5.88 Å². The van der Waals surface area contributed by atoms with E-state index in [1.165, 1.54) is 12.1 Å². The highest BCUT2D eigenvalue weighted by atomic mass is 79.9. The van der Waals surface area contributed by atoms with Crippen LogP contribution in [-0.2, 0) is 6.61 Å². The van der Waals surface area contributed by atoms with Gasteiger partial charge in [-0.15, -0.1) is 0 Å². The molecule has 94 valence electrons. The Labute approximate surface area is 120 Å². The smallest absolute Gasteiger partial charge is 0.224 e. The number of halogens is 3. The molecular weight excluding hydrogens is 369 g/mol. The van der Waals surface area contributed by atoms with Crippen molar-refractivity contribution < 1.29 is 14.2 Å². The Morgan fingerprint density at radius 1 is 1.28 bits per heavy atom. The van der Waals surface area contributed by atoms with Crippen molar-refractivity contribution in [2.45, 2.75) is 6.61 Å². The number of ether oxygens (including phenoxy) is 1. The van der Waals surface area contributed by atoms with Crippen molar-refractivity contribution in [3.8, 4) is 11.6 Å². The van der Waals surface area contributed by atoms with Crippen LogP contribution in [0, 0.1) is 5.82 Å². The molecule has 0 saturated carbocycles. The van der Waals surface area contributed by atoms with Crippen LogP contribution in [0.2, 0.25) is 0 Å². The molecule has 0 aliphatic carbocycles. The Morgan fingerprint density at radius 3 is 2.78 bits per heavy atom. The fourth-order valence-corrected chi connectivity index (χ4v) is 2.04. The summed E-state index contributed by atoms with van der Waals surface area (Å²) in [5.74, 6) is 0.141. The number of benzene rings is 1. The van der Waals surface area contributed by atoms with Gasteiger partial charge in [-0.1, -0.05) is 0 Å². The molecule has 0 aliphatic heterocycles. The monoisotopic (exact) mass is 375 g/mol. The lowest BCUT2D eigenvalue weighted by atomic mass is 10.3. The van der Waals surface area contributed by atoms with Crippen LogP contribution in [0.15, 0.2) is 39.4 Å². The van der Waals surface area contributed by atoms with Gasteiger partial charge >= 0.3 is 0 Å². The van der Waals surface area contributed by atoms with Crippen molar-refractivity contribution >= 4 is 31.9 Å². The first-order valence-electron chi connectivity index (χ1n) is 4.98. The number of rotatable bonds is 3. The van der Waals surface area contributed by atoms with Crippen molar-refractivity contribution in [3.63, 3.8) is 0 Å². The van der Waals surface area contributed by atoms with Gasteiger partial charge in [-0.3, -0.25) is 0 Å². The molecule has 0 bridgehead atoms. The third kappa shape index (κ3) is 3.07. The lowest BCUT2D eigenvalue weighted by Gasteiger charge is -2.10. The van der Waals surface area contributed by atoms with Gasteiger partial charge in [-0.05, 0) is 50.1 Å². The van der Waals surface area contributed by atoms with E-state index < -0.39 is 5.82 Å². The SMILES string of the molecule is OCc1cc(Br)cnc1Oc1cc(F)ccc1Br. The Hall–Kier alpha value is -0.980. The van der Waals surface area contributed by atoms with E-state index in [9.17, 15) is 9.50 Å². The lowest BCUT2D eigenvalue weighted by Crippen LogP contribution is -1.96. The van der Waals surface area contributed by atoms with E-state index in [-0.39, 0.29) is 12.5 Å². The lowest BCUT2D eigenvalue weighted by molar-refractivity contribution is 0.274. The average molecular weight is 377 g/mol. The van der Waals surface area contributed by atoms with Gasteiger partial charge in [0.1, 0.15) is 11.6 Å². The molecule has 6 heteroatoms. The summed E-state index contributed by atoms with van der Waals surface area (Å²) in [6, 6.07) is 5.80. The molecule has 0 saturated heterocycles. The summed E-state index contributed by atoms with van der Waals surface area (Å²) < 4.78 is 19.9. The van der Waals surface area contributed by atoms with Crippen LogP contribution in [0.1, 0.15) is 5.56 Å². The molecule has 0 spiro atoms. The maximum absolute atomic E-state index is 13.1. The molecule has 2 rings (SSSR count). The largest absolute Gasteiger partial charge is 0.437 e. The van der Waals surface area contributed by atoms with Crippen LogP contribution in [-0.4, -0.2) is 10.1 Å². The molecule has 0 radical (unpaired) electrons. The Kier molecular flexibility index (Phi) is 4.31. The van der Waals surface area contributed by atoms with E-state index in [4.69, 9.17) is 4.74 Å². The fraction of sp³-hybridized carbons (Fsp3) is 0.0833. The maximum atomic E-state index is 13.1. The van der Waals surface area contributed by atoms with E-state index >= 15 is 0 Å². The minimum atomic E-state index is -0.407. The van der Waals surface area contributed by atoms with E-state index in [0.29, 0.717) is 15.8 Å². The highest BCUT2D eigenvalue weighted by Gasteiger charge is 2.10. The van der Waals surface area contributed by atoms with Crippen molar-refractivity contribution in [3.05, 3.63) is 50.8 Å². The maximum Gasteiger partial charge on any atom is 0.224 e. The Balaban J connectivity index is 2.36. The van der Waals surface area contributed by atoms with Gasteiger partial charge in [-0.25, -0.2) is 9.37 Å². The van der Waals surface area contributed by atoms with Crippen LogP contribution in [0.4, 0.5) is 4.39 Å². The van der Waals surface area contributed by atoms with Crippen LogP contribution in [0.5, 0.6) is 11.6 Å². The minimum Gasteiger partial charge on any atom is -0.437 e. The number of pyridine rings is 1. The summed E-state index contributed by atoms with van der Waals surface area (Å²) in [5, 5.41) is 9.22. The first-order chi connectivity index (χ1) is 8.60. The third-order valence-electron chi connectivity index (χ3n) is 2.16. The number of aliphatic hydroxyl groups is 1. The first kappa shape index (κ1) is 13.5. The molecule has 0 atom stereocenters. The van der Waals surface area contributed by atoms with Gasteiger partial charge in [0.15, 0.2) is 0 Å². The summed E-state index contributed by atoms with van der Waals surface area (Å²) in [6.07, 6.45) is 1.54. The molecular formula is C12H8Br2FNO2. The normalized spacial score (nSPS) is 10.4. The van der Waals surface area contributed by atoms with Gasteiger partial charge in [0.05, 0.1) is 11.1 Å². The van der Waals surface area contributed by atoms with E-state index in [2.05, 4.69) is 36.8 Å². The zero-order chi connectivity index (χ0) is 13.1. The number of hydrogen-bond acceptors (Lipinski definition) is 3. The highest BCUT2D eigenvalue weighted by Crippen LogP contribution is 2.31. The zero-order valence-corrected chi connectivity index (χ0v) is 12.2. The van der Waals surface area contributed by atoms with Gasteiger partial charge in [-0.2, -0.15) is 0 Å². The molecule has 0 amide bonds. The molecule has 0 aliphatic rings. The van der Waals surface area contributed by atoms with E-state index in [1.54, 1.807) is 18.3 Å². The van der Waals surface area contributed by atoms with Gasteiger partial charge in [0, 0.05) is 22.3 Å². The van der Waals surface area contributed by atoms with Crippen molar-refractivity contribution in [2.24, 2.45) is 0 Å². The topological polar surface area (TPSA) is 42.4 Å². The standard InChI is InChI=1S/C12H8Br2FNO2/c13-8-3-7(6-17)12(16-5-8)18-11-4-9(15)1-2-10(11)14/h1-5,17H,6H2. The number of aromatic nitrogens is 1. The summed E-state index contributed by atoms with van der Waals surface area (Å²) in [7, 11) is 0. The molecule has 3 nitrogen and oxygen atoms in total. The van der Waals surface area contributed by atoms with Crippen LogP contribution >= 0.6 is 31.9 Å². The van der Waals surface area contributed by atoms with Crippen molar-refractivity contribution in [1.82, 2.24) is 4.98 Å². The summed E-state index contributed by atoms with van der Waals surface area (Å²) >= 11 is 6.51. The molecule has 1 N–H and O–H groups in total. The quantitative estimate of drug-likeness (QED) is 0.879. The summed E-state index contributed by atoms with van der Waals surface area (Å²) in [5.41, 5.74) is 0.514. The second kappa shape index (κ2) is 5.77. The van der Waals surface area contributed by atoms with Crippen LogP contribution in [0.25, 0.3) is 0 Å². The van der Waals surface area contributed by atoms with Crippen LogP contribution < -0.4 is 4.74 Å². The van der Waals surface area contributed by atoms with E-state index in [0.717, 1.165) is 4.47 Å². The van der Waals surface area contributed by atoms with Crippen molar-refractivity contribution in [1.29, 1.82) is 0 Å². The van der Waals surface area contributed by atoms with Gasteiger partial charge < -0.3 is 9.84 Å². The fourth-order valence-electron chi connectivity index (χ4n) is 1.33. The minimum absolute atomic E-state index is 0.214. The first-order valence-corrected chi connectivity index (χ1v) is 6.57. The number of hydrogen-bond donors (Lipinski definition) is 1. The number of aliphatic hydroxyl groups excluding tert-OH is 1. The molecule has 0 unspecified atom stereocenters. The predicted molar refractivity (Wildman–Crippen MR) is 72.0 cm³/mol. The van der Waals surface area contributed by atoms with E-state index in [1.807, 2.05) is 0 Å². The Bertz CT molecular complexity index is 578. The second-order valence-corrected chi connectivity index (χ2v) is 5.22. The molecule has 18 heavy (non-hydrogen) atoms. The molecule has 1 heterocycles. The predicted octanol–water partition coefficient (Wildman–Crippen LogP) is 4.03. The van der Waals surface area contributed by atoms with Crippen LogP contribution in [0.3, 0.4) is 0 Å². The molecule has 1 aromatic heterocycles. The number of nitrogens with zero attached hydrogens (tertiary/aromatic N) is 1. The summed E-state index contributed by atoms with van der Waals surface area (Å²) in [6.45, 7) is -0.214. The third-order valence-corrected chi connectivity index (χ3v) is 3.25. The molecule has 2 aromatic rings. The Morgan fingerprint density at radius 2 is 2.06 bits per heavy atom. The molecule has 1 aromatic carbocycles. The second-order valence-electron chi connectivity index (χ2n) is 3.45. The van der Waals surface area contributed by atoms with Gasteiger partial charge in [0.25, 0.3) is 0 Å². The highest BCUT2D eigenvalue weighted by molar-refractivity contribution is 9.10.